The third kappa shape index (κ3) is 4.41. The summed E-state index contributed by atoms with van der Waals surface area (Å²) in [5.41, 5.74) is 0.184. The Morgan fingerprint density at radius 2 is 1.88 bits per heavy atom. The standard InChI is InChI=1S/C18H26N4O2/c1-3-5-8-13-22-18(24)15-10-7-6-9-14(15)16(21-22)17(23)20-12-11-19-4-2/h6-7,9-10,19H,3-5,8,11-13H2,1-2H3,(H,20,23). The average Bonchev–Trinajstić information content (AvgIpc) is 2.61. The highest BCUT2D eigenvalue weighted by molar-refractivity contribution is 6.04. The van der Waals surface area contributed by atoms with E-state index >= 15 is 0 Å². The van der Waals surface area contributed by atoms with Gasteiger partial charge in [0.05, 0.1) is 5.39 Å². The summed E-state index contributed by atoms with van der Waals surface area (Å²) < 4.78 is 1.43. The molecule has 24 heavy (non-hydrogen) atoms. The van der Waals surface area contributed by atoms with Crippen molar-refractivity contribution < 1.29 is 4.79 Å². The topological polar surface area (TPSA) is 76.0 Å². The lowest BCUT2D eigenvalue weighted by molar-refractivity contribution is 0.0948. The molecule has 2 aromatic rings. The molecule has 0 radical (unpaired) electrons. The highest BCUT2D eigenvalue weighted by Crippen LogP contribution is 2.13. The van der Waals surface area contributed by atoms with E-state index in [0.717, 1.165) is 25.8 Å². The molecule has 0 atom stereocenters. The van der Waals surface area contributed by atoms with Crippen molar-refractivity contribution in [2.24, 2.45) is 0 Å². The van der Waals surface area contributed by atoms with Gasteiger partial charge >= 0.3 is 0 Å². The predicted octanol–water partition coefficient (Wildman–Crippen LogP) is 1.93. The minimum atomic E-state index is -0.242. The zero-order chi connectivity index (χ0) is 17.4. The maximum Gasteiger partial charge on any atom is 0.274 e. The van der Waals surface area contributed by atoms with E-state index in [1.165, 1.54) is 4.68 Å². The molecule has 0 fully saturated rings. The summed E-state index contributed by atoms with van der Waals surface area (Å²) in [6.45, 7) is 6.76. The number of unbranched alkanes of at least 4 members (excludes halogenated alkanes) is 2. The molecule has 130 valence electrons. The minimum absolute atomic E-state index is 0.133. The third-order valence-corrected chi connectivity index (χ3v) is 3.89. The van der Waals surface area contributed by atoms with Gasteiger partial charge in [0.25, 0.3) is 11.5 Å². The zero-order valence-corrected chi connectivity index (χ0v) is 14.5. The first-order chi connectivity index (χ1) is 11.7. The number of carbonyl (C=O) groups excluding carboxylic acids is 1. The molecule has 0 aliphatic rings. The number of nitrogens with zero attached hydrogens (tertiary/aromatic N) is 2. The summed E-state index contributed by atoms with van der Waals surface area (Å²) in [6.07, 6.45) is 2.98. The van der Waals surface area contributed by atoms with Gasteiger partial charge in [-0.05, 0) is 19.0 Å². The van der Waals surface area contributed by atoms with Crippen LogP contribution in [0.15, 0.2) is 29.1 Å². The van der Waals surface area contributed by atoms with E-state index in [1.807, 2.05) is 19.1 Å². The quantitative estimate of drug-likeness (QED) is 0.689. The van der Waals surface area contributed by atoms with Gasteiger partial charge in [0, 0.05) is 25.0 Å². The summed E-state index contributed by atoms with van der Waals surface area (Å²) in [5.74, 6) is -0.242. The maximum absolute atomic E-state index is 12.6. The number of aromatic nitrogens is 2. The molecule has 6 heteroatoms. The largest absolute Gasteiger partial charge is 0.349 e. The summed E-state index contributed by atoms with van der Waals surface area (Å²) in [6, 6.07) is 7.16. The second kappa shape index (κ2) is 9.17. The molecule has 0 aliphatic heterocycles. The molecule has 6 nitrogen and oxygen atoms in total. The Hall–Kier alpha value is -2.21. The number of hydrogen-bond acceptors (Lipinski definition) is 4. The SMILES string of the molecule is CCCCCn1nc(C(=O)NCCNCC)c2ccccc2c1=O. The van der Waals surface area contributed by atoms with Crippen LogP contribution in [0.25, 0.3) is 10.8 Å². The molecule has 0 bridgehead atoms. The average molecular weight is 330 g/mol. The Kier molecular flexibility index (Phi) is 6.93. The van der Waals surface area contributed by atoms with Crippen LogP contribution in [0.5, 0.6) is 0 Å². The van der Waals surface area contributed by atoms with E-state index in [2.05, 4.69) is 22.7 Å². The number of amides is 1. The zero-order valence-electron chi connectivity index (χ0n) is 14.5. The van der Waals surface area contributed by atoms with Crippen molar-refractivity contribution in [3.63, 3.8) is 0 Å². The lowest BCUT2D eigenvalue weighted by atomic mass is 10.1. The van der Waals surface area contributed by atoms with Crippen molar-refractivity contribution in [3.05, 3.63) is 40.3 Å². The number of carbonyl (C=O) groups is 1. The first-order valence-corrected chi connectivity index (χ1v) is 8.67. The maximum atomic E-state index is 12.6. The number of likely N-dealkylation sites (N-methyl/N-ethyl adjacent to an activating group) is 1. The van der Waals surface area contributed by atoms with Gasteiger partial charge in [0.2, 0.25) is 0 Å². The molecule has 1 amide bonds. The van der Waals surface area contributed by atoms with Crippen molar-refractivity contribution in [3.8, 4) is 0 Å². The molecule has 0 saturated carbocycles. The molecule has 0 aliphatic carbocycles. The fraction of sp³-hybridized carbons (Fsp3) is 0.500. The first kappa shape index (κ1) is 18.1. The van der Waals surface area contributed by atoms with Crippen molar-refractivity contribution in [2.75, 3.05) is 19.6 Å². The summed E-state index contributed by atoms with van der Waals surface area (Å²) in [4.78, 5) is 25.1. The van der Waals surface area contributed by atoms with Gasteiger partial charge in [-0.2, -0.15) is 5.10 Å². The molecule has 1 aromatic heterocycles. The lowest BCUT2D eigenvalue weighted by Gasteiger charge is -2.11. The Bertz CT molecular complexity index is 739. The second-order valence-corrected chi connectivity index (χ2v) is 5.74. The molecular weight excluding hydrogens is 304 g/mol. The van der Waals surface area contributed by atoms with Gasteiger partial charge in [0.15, 0.2) is 5.69 Å². The Morgan fingerprint density at radius 3 is 2.58 bits per heavy atom. The first-order valence-electron chi connectivity index (χ1n) is 8.67. The number of rotatable bonds is 9. The van der Waals surface area contributed by atoms with Crippen molar-refractivity contribution in [2.45, 2.75) is 39.7 Å². The number of benzene rings is 1. The molecule has 0 unspecified atom stereocenters. The van der Waals surface area contributed by atoms with E-state index in [4.69, 9.17) is 0 Å². The lowest BCUT2D eigenvalue weighted by Crippen LogP contribution is -2.34. The van der Waals surface area contributed by atoms with E-state index in [1.54, 1.807) is 12.1 Å². The van der Waals surface area contributed by atoms with Gasteiger partial charge in [-0.3, -0.25) is 9.59 Å². The van der Waals surface area contributed by atoms with Gasteiger partial charge in [-0.25, -0.2) is 4.68 Å². The normalized spacial score (nSPS) is 10.9. The van der Waals surface area contributed by atoms with Crippen LogP contribution in [0.4, 0.5) is 0 Å². The molecule has 1 heterocycles. The number of hydrogen-bond donors (Lipinski definition) is 2. The molecule has 1 aromatic carbocycles. The van der Waals surface area contributed by atoms with Gasteiger partial charge < -0.3 is 10.6 Å². The minimum Gasteiger partial charge on any atom is -0.349 e. The number of fused-ring (bicyclic) bond motifs is 1. The predicted molar refractivity (Wildman–Crippen MR) is 96.4 cm³/mol. The van der Waals surface area contributed by atoms with E-state index in [-0.39, 0.29) is 11.5 Å². The van der Waals surface area contributed by atoms with Crippen LogP contribution in [0, 0.1) is 0 Å². The van der Waals surface area contributed by atoms with E-state index < -0.39 is 0 Å². The van der Waals surface area contributed by atoms with Crippen LogP contribution in [-0.2, 0) is 6.54 Å². The fourth-order valence-corrected chi connectivity index (χ4v) is 2.59. The van der Waals surface area contributed by atoms with E-state index in [0.29, 0.717) is 36.1 Å². The third-order valence-electron chi connectivity index (χ3n) is 3.89. The van der Waals surface area contributed by atoms with Crippen LogP contribution >= 0.6 is 0 Å². The monoisotopic (exact) mass is 330 g/mol. The van der Waals surface area contributed by atoms with Crippen molar-refractivity contribution in [1.29, 1.82) is 0 Å². The summed E-state index contributed by atoms with van der Waals surface area (Å²) in [5, 5.41) is 11.5. The summed E-state index contributed by atoms with van der Waals surface area (Å²) in [7, 11) is 0. The molecule has 2 N–H and O–H groups in total. The van der Waals surface area contributed by atoms with Crippen LogP contribution in [-0.4, -0.2) is 35.3 Å². The number of aryl methyl sites for hydroxylation is 1. The highest BCUT2D eigenvalue weighted by Gasteiger charge is 2.16. The van der Waals surface area contributed by atoms with Crippen LogP contribution in [0.3, 0.4) is 0 Å². The Morgan fingerprint density at radius 1 is 1.12 bits per heavy atom. The van der Waals surface area contributed by atoms with Crippen molar-refractivity contribution in [1.82, 2.24) is 20.4 Å². The van der Waals surface area contributed by atoms with Crippen LogP contribution in [0.2, 0.25) is 0 Å². The van der Waals surface area contributed by atoms with Gasteiger partial charge in [0.1, 0.15) is 0 Å². The van der Waals surface area contributed by atoms with Crippen LogP contribution in [0.1, 0.15) is 43.6 Å². The highest BCUT2D eigenvalue weighted by atomic mass is 16.2. The fourth-order valence-electron chi connectivity index (χ4n) is 2.59. The molecular formula is C18H26N4O2. The number of nitrogens with one attached hydrogen (secondary N) is 2. The van der Waals surface area contributed by atoms with Crippen molar-refractivity contribution >= 4 is 16.7 Å². The summed E-state index contributed by atoms with van der Waals surface area (Å²) >= 11 is 0. The Labute approximate surface area is 142 Å². The van der Waals surface area contributed by atoms with E-state index in [9.17, 15) is 9.59 Å². The smallest absolute Gasteiger partial charge is 0.274 e. The molecule has 0 saturated heterocycles. The second-order valence-electron chi connectivity index (χ2n) is 5.74. The molecule has 0 spiro atoms. The van der Waals surface area contributed by atoms with Crippen LogP contribution < -0.4 is 16.2 Å². The molecule has 2 rings (SSSR count). The van der Waals surface area contributed by atoms with Gasteiger partial charge in [-0.1, -0.05) is 44.9 Å². The van der Waals surface area contributed by atoms with Gasteiger partial charge in [-0.15, -0.1) is 0 Å². The Balaban J connectivity index is 2.31.